The van der Waals surface area contributed by atoms with E-state index in [1.807, 2.05) is 0 Å². The standard InChI is InChI=1S/C25H18ClN3O7/c1-35-15-10-11-19(36-2)17(12-15)21-22(25(32)27(21)14-8-6-13(26)7-9-14)28-23(30)16-4-3-5-18(29(33)34)20(16)24(28)31/h3-12,21-22H,1-2H3. The van der Waals surface area contributed by atoms with E-state index in [9.17, 15) is 24.5 Å². The van der Waals surface area contributed by atoms with Gasteiger partial charge < -0.3 is 14.4 Å². The van der Waals surface area contributed by atoms with Gasteiger partial charge in [-0.05, 0) is 48.5 Å². The maximum atomic E-state index is 13.6. The van der Waals surface area contributed by atoms with Gasteiger partial charge in [0.2, 0.25) is 0 Å². The lowest BCUT2D eigenvalue weighted by Crippen LogP contribution is -2.67. The third-order valence-electron chi connectivity index (χ3n) is 6.33. The number of methoxy groups -OCH3 is 2. The third kappa shape index (κ3) is 3.37. The first-order valence-corrected chi connectivity index (χ1v) is 11.1. The smallest absolute Gasteiger partial charge is 0.282 e. The molecule has 0 saturated carbocycles. The summed E-state index contributed by atoms with van der Waals surface area (Å²) >= 11 is 6.02. The van der Waals surface area contributed by atoms with E-state index in [2.05, 4.69) is 0 Å². The van der Waals surface area contributed by atoms with Crippen molar-refractivity contribution in [2.75, 3.05) is 19.1 Å². The van der Waals surface area contributed by atoms with Gasteiger partial charge in [-0.1, -0.05) is 17.7 Å². The van der Waals surface area contributed by atoms with E-state index in [1.165, 1.54) is 31.3 Å². The SMILES string of the molecule is COc1ccc(OC)c(C2C(N3C(=O)c4cccc([N+](=O)[O-])c4C3=O)C(=O)N2c2ccc(Cl)cc2)c1. The van der Waals surface area contributed by atoms with Crippen LogP contribution in [0.15, 0.2) is 60.7 Å². The largest absolute Gasteiger partial charge is 0.497 e. The minimum absolute atomic E-state index is 0.122. The molecule has 2 aliphatic rings. The van der Waals surface area contributed by atoms with Gasteiger partial charge in [-0.25, -0.2) is 0 Å². The number of benzene rings is 3. The molecule has 2 aliphatic heterocycles. The Hall–Kier alpha value is -4.44. The molecule has 0 spiro atoms. The van der Waals surface area contributed by atoms with Crippen LogP contribution in [0.4, 0.5) is 11.4 Å². The number of rotatable bonds is 6. The number of fused-ring (bicyclic) bond motifs is 1. The number of nitro groups is 1. The number of hydrogen-bond acceptors (Lipinski definition) is 7. The molecule has 11 heteroatoms. The first kappa shape index (κ1) is 23.3. The second-order valence-electron chi connectivity index (χ2n) is 8.12. The third-order valence-corrected chi connectivity index (χ3v) is 6.58. The van der Waals surface area contributed by atoms with Gasteiger partial charge >= 0.3 is 0 Å². The summed E-state index contributed by atoms with van der Waals surface area (Å²) in [6.45, 7) is 0. The van der Waals surface area contributed by atoms with Crippen LogP contribution in [-0.2, 0) is 4.79 Å². The lowest BCUT2D eigenvalue weighted by atomic mass is 9.85. The second kappa shape index (κ2) is 8.65. The number of hydrogen-bond donors (Lipinski definition) is 0. The van der Waals surface area contributed by atoms with Crippen molar-refractivity contribution in [1.29, 1.82) is 0 Å². The fourth-order valence-electron chi connectivity index (χ4n) is 4.68. The van der Waals surface area contributed by atoms with Crippen molar-refractivity contribution in [2.45, 2.75) is 12.1 Å². The Morgan fingerprint density at radius 3 is 2.25 bits per heavy atom. The van der Waals surface area contributed by atoms with Gasteiger partial charge in [-0.3, -0.25) is 29.4 Å². The van der Waals surface area contributed by atoms with Gasteiger partial charge in [0.1, 0.15) is 23.1 Å². The molecule has 3 aromatic carbocycles. The summed E-state index contributed by atoms with van der Waals surface area (Å²) in [4.78, 5) is 53.4. The zero-order valence-electron chi connectivity index (χ0n) is 19.0. The number of β-lactam (4-membered cyclic amide) rings is 1. The number of nitrogens with zero attached hydrogens (tertiary/aromatic N) is 3. The zero-order valence-corrected chi connectivity index (χ0v) is 19.8. The van der Waals surface area contributed by atoms with E-state index in [0.717, 1.165) is 11.0 Å². The van der Waals surface area contributed by atoms with Crippen LogP contribution in [0.5, 0.6) is 11.5 Å². The van der Waals surface area contributed by atoms with Crippen molar-refractivity contribution in [1.82, 2.24) is 4.90 Å². The normalized spacial score (nSPS) is 18.7. The average molecular weight is 508 g/mol. The second-order valence-corrected chi connectivity index (χ2v) is 8.56. The summed E-state index contributed by atoms with van der Waals surface area (Å²) in [5, 5.41) is 12.0. The molecular formula is C25H18ClN3O7. The molecule has 10 nitrogen and oxygen atoms in total. The maximum absolute atomic E-state index is 13.6. The molecule has 0 bridgehead atoms. The average Bonchev–Trinajstić information content (AvgIpc) is 3.13. The number of imide groups is 1. The molecule has 2 heterocycles. The lowest BCUT2D eigenvalue weighted by Gasteiger charge is -2.50. The quantitative estimate of drug-likeness (QED) is 0.214. The molecule has 3 amide bonds. The number of halogens is 1. The van der Waals surface area contributed by atoms with Crippen molar-refractivity contribution in [2.24, 2.45) is 0 Å². The van der Waals surface area contributed by atoms with E-state index in [1.54, 1.807) is 42.5 Å². The highest BCUT2D eigenvalue weighted by Gasteiger charge is 2.59. The van der Waals surface area contributed by atoms with Crippen LogP contribution in [0, 0.1) is 10.1 Å². The highest BCUT2D eigenvalue weighted by molar-refractivity contribution is 6.30. The predicted molar refractivity (Wildman–Crippen MR) is 129 cm³/mol. The summed E-state index contributed by atoms with van der Waals surface area (Å²) < 4.78 is 10.9. The Kier molecular flexibility index (Phi) is 5.60. The zero-order chi connectivity index (χ0) is 25.7. The molecule has 0 radical (unpaired) electrons. The minimum atomic E-state index is -1.27. The molecule has 1 saturated heterocycles. The first-order valence-electron chi connectivity index (χ1n) is 10.7. The topological polar surface area (TPSA) is 119 Å². The molecule has 36 heavy (non-hydrogen) atoms. The van der Waals surface area contributed by atoms with Gasteiger partial charge in [0.05, 0.1) is 30.7 Å². The van der Waals surface area contributed by atoms with E-state index in [4.69, 9.17) is 21.1 Å². The Morgan fingerprint density at radius 1 is 0.889 bits per heavy atom. The predicted octanol–water partition coefficient (Wildman–Crippen LogP) is 4.02. The molecule has 0 aliphatic carbocycles. The maximum Gasteiger partial charge on any atom is 0.282 e. The van der Waals surface area contributed by atoms with Gasteiger partial charge in [0, 0.05) is 22.3 Å². The van der Waals surface area contributed by atoms with Crippen LogP contribution in [0.25, 0.3) is 0 Å². The summed E-state index contributed by atoms with van der Waals surface area (Å²) in [6, 6.07) is 13.2. The van der Waals surface area contributed by atoms with Crippen molar-refractivity contribution >= 4 is 40.7 Å². The van der Waals surface area contributed by atoms with Gasteiger partial charge in [-0.15, -0.1) is 0 Å². The van der Waals surface area contributed by atoms with E-state index < -0.39 is 40.4 Å². The van der Waals surface area contributed by atoms with Crippen LogP contribution in [0.1, 0.15) is 32.3 Å². The Balaban J connectivity index is 1.66. The van der Waals surface area contributed by atoms with Gasteiger partial charge in [0.15, 0.2) is 0 Å². The molecule has 3 aromatic rings. The monoisotopic (exact) mass is 507 g/mol. The summed E-state index contributed by atoms with van der Waals surface area (Å²) in [6.07, 6.45) is 0. The number of amides is 3. The van der Waals surface area contributed by atoms with Crippen molar-refractivity contribution in [3.63, 3.8) is 0 Å². The van der Waals surface area contributed by atoms with Gasteiger partial charge in [-0.2, -0.15) is 0 Å². The highest BCUT2D eigenvalue weighted by atomic mass is 35.5. The van der Waals surface area contributed by atoms with Crippen LogP contribution >= 0.6 is 11.6 Å². The van der Waals surface area contributed by atoms with Crippen LogP contribution in [-0.4, -0.2) is 47.8 Å². The number of carbonyl (C=O) groups is 3. The molecule has 5 rings (SSSR count). The molecule has 2 atom stereocenters. The van der Waals surface area contributed by atoms with Crippen molar-refractivity contribution in [3.05, 3.63) is 92.5 Å². The fourth-order valence-corrected chi connectivity index (χ4v) is 4.81. The van der Waals surface area contributed by atoms with E-state index >= 15 is 0 Å². The van der Waals surface area contributed by atoms with Crippen molar-refractivity contribution < 1.29 is 28.8 Å². The summed E-state index contributed by atoms with van der Waals surface area (Å²) in [5.41, 5.74) is 0.0238. The number of nitro benzene ring substituents is 1. The van der Waals surface area contributed by atoms with Crippen LogP contribution in [0.3, 0.4) is 0 Å². The van der Waals surface area contributed by atoms with Gasteiger partial charge in [0.25, 0.3) is 23.4 Å². The van der Waals surface area contributed by atoms with Crippen LogP contribution in [0.2, 0.25) is 5.02 Å². The number of ether oxygens (including phenoxy) is 2. The van der Waals surface area contributed by atoms with E-state index in [-0.39, 0.29) is 11.1 Å². The molecule has 0 N–H and O–H groups in total. The summed E-state index contributed by atoms with van der Waals surface area (Å²) in [7, 11) is 2.94. The van der Waals surface area contributed by atoms with Crippen molar-refractivity contribution in [3.8, 4) is 11.5 Å². The Morgan fingerprint density at radius 2 is 1.61 bits per heavy atom. The molecule has 182 valence electrons. The minimum Gasteiger partial charge on any atom is -0.497 e. The van der Waals surface area contributed by atoms with Crippen LogP contribution < -0.4 is 14.4 Å². The Labute approximate surface area is 209 Å². The fraction of sp³-hybridized carbons (Fsp3) is 0.160. The summed E-state index contributed by atoms with van der Waals surface area (Å²) in [5.74, 6) is -1.34. The van der Waals surface area contributed by atoms with E-state index in [0.29, 0.717) is 27.8 Å². The molecule has 2 unspecified atom stereocenters. The highest BCUT2D eigenvalue weighted by Crippen LogP contribution is 2.48. The molecule has 0 aromatic heterocycles. The number of anilines is 1. The Bertz CT molecular complexity index is 1440. The molecule has 1 fully saturated rings. The lowest BCUT2D eigenvalue weighted by molar-refractivity contribution is -0.385. The molecular weight excluding hydrogens is 490 g/mol. The first-order chi connectivity index (χ1) is 17.3. The number of carbonyl (C=O) groups excluding carboxylic acids is 3.